The molecule has 0 spiro atoms. The zero-order chi connectivity index (χ0) is 22.3. The Morgan fingerprint density at radius 1 is 1.10 bits per heavy atom. The van der Waals surface area contributed by atoms with E-state index >= 15 is 0 Å². The maximum Gasteiger partial charge on any atom is 0.251 e. The molecular weight excluding hydrogens is 396 g/mol. The molecule has 2 aromatic carbocycles. The summed E-state index contributed by atoms with van der Waals surface area (Å²) in [6, 6.07) is 12.5. The molecule has 0 saturated heterocycles. The number of amides is 3. The lowest BCUT2D eigenvalue weighted by molar-refractivity contribution is -0.133. The molecule has 1 fully saturated rings. The molecule has 3 amide bonds. The number of carbonyl (C=O) groups is 3. The molecule has 0 aliphatic heterocycles. The molecule has 1 aromatic heterocycles. The Kier molecular flexibility index (Phi) is 4.85. The topological polar surface area (TPSA) is 137 Å². The second kappa shape index (κ2) is 7.39. The number of hydrogen-bond donors (Lipinski definition) is 3. The fourth-order valence-corrected chi connectivity index (χ4v) is 3.97. The standard InChI is InChI=1S/C23H22N4O4/c1-12-9-16-18(10-15(12)20(28)26-2)27-8-7-19(16)31-14-5-3-13(4-6-14)17-11-23(17,21(24)29)22(25)30/h3-10,17H,11H2,1-2H3,(H2,24,29)(H2,25,30)(H,26,28). The monoisotopic (exact) mass is 418 g/mol. The molecule has 1 aliphatic carbocycles. The summed E-state index contributed by atoms with van der Waals surface area (Å²) in [7, 11) is 1.58. The van der Waals surface area contributed by atoms with E-state index in [9.17, 15) is 14.4 Å². The average Bonchev–Trinajstić information content (AvgIpc) is 3.51. The minimum absolute atomic E-state index is 0.175. The zero-order valence-electron chi connectivity index (χ0n) is 17.1. The van der Waals surface area contributed by atoms with Gasteiger partial charge in [0.25, 0.3) is 5.91 Å². The molecule has 0 radical (unpaired) electrons. The maximum atomic E-state index is 12.0. The van der Waals surface area contributed by atoms with Crippen LogP contribution in [0.5, 0.6) is 11.5 Å². The van der Waals surface area contributed by atoms with Gasteiger partial charge in [0.15, 0.2) is 0 Å². The highest BCUT2D eigenvalue weighted by atomic mass is 16.5. The van der Waals surface area contributed by atoms with Crippen LogP contribution >= 0.6 is 0 Å². The van der Waals surface area contributed by atoms with Crippen molar-refractivity contribution >= 4 is 28.6 Å². The second-order valence-electron chi connectivity index (χ2n) is 7.70. The Morgan fingerprint density at radius 2 is 1.77 bits per heavy atom. The summed E-state index contributed by atoms with van der Waals surface area (Å²) < 4.78 is 6.05. The van der Waals surface area contributed by atoms with Crippen molar-refractivity contribution in [2.24, 2.45) is 16.9 Å². The molecule has 0 bridgehead atoms. The summed E-state index contributed by atoms with van der Waals surface area (Å²) in [5.41, 5.74) is 12.3. The van der Waals surface area contributed by atoms with Crippen molar-refractivity contribution < 1.29 is 19.1 Å². The fourth-order valence-electron chi connectivity index (χ4n) is 3.97. The van der Waals surface area contributed by atoms with Crippen molar-refractivity contribution in [1.29, 1.82) is 0 Å². The number of aromatic nitrogens is 1. The number of benzene rings is 2. The average molecular weight is 418 g/mol. The van der Waals surface area contributed by atoms with Crippen LogP contribution < -0.4 is 21.5 Å². The van der Waals surface area contributed by atoms with Gasteiger partial charge >= 0.3 is 0 Å². The minimum Gasteiger partial charge on any atom is -0.457 e. The molecule has 8 heteroatoms. The van der Waals surface area contributed by atoms with Gasteiger partial charge in [-0.15, -0.1) is 0 Å². The SMILES string of the molecule is CNC(=O)c1cc2nccc(Oc3ccc(C4CC4(C(N)=O)C(N)=O)cc3)c2cc1C. The smallest absolute Gasteiger partial charge is 0.251 e. The van der Waals surface area contributed by atoms with Crippen LogP contribution in [0.2, 0.25) is 0 Å². The molecule has 8 nitrogen and oxygen atoms in total. The molecule has 1 aliphatic rings. The van der Waals surface area contributed by atoms with E-state index in [2.05, 4.69) is 10.3 Å². The Morgan fingerprint density at radius 3 is 2.35 bits per heavy atom. The molecule has 31 heavy (non-hydrogen) atoms. The van der Waals surface area contributed by atoms with E-state index < -0.39 is 17.2 Å². The third-order valence-corrected chi connectivity index (χ3v) is 5.87. The molecule has 1 unspecified atom stereocenters. The molecule has 158 valence electrons. The van der Waals surface area contributed by atoms with Crippen molar-refractivity contribution in [2.45, 2.75) is 19.3 Å². The van der Waals surface area contributed by atoms with Crippen molar-refractivity contribution in [3.63, 3.8) is 0 Å². The quantitative estimate of drug-likeness (QED) is 0.527. The van der Waals surface area contributed by atoms with E-state index in [4.69, 9.17) is 16.2 Å². The van der Waals surface area contributed by atoms with Gasteiger partial charge in [-0.05, 0) is 54.8 Å². The first kappa shape index (κ1) is 20.3. The molecule has 1 saturated carbocycles. The number of ether oxygens (including phenoxy) is 1. The normalized spacial score (nSPS) is 16.5. The molecule has 5 N–H and O–H groups in total. The largest absolute Gasteiger partial charge is 0.457 e. The van der Waals surface area contributed by atoms with Crippen LogP contribution in [0.15, 0.2) is 48.7 Å². The van der Waals surface area contributed by atoms with Crippen LogP contribution in [-0.2, 0) is 9.59 Å². The van der Waals surface area contributed by atoms with E-state index in [1.165, 1.54) is 0 Å². The molecule has 1 heterocycles. The molecule has 3 aromatic rings. The van der Waals surface area contributed by atoms with Crippen LogP contribution in [0, 0.1) is 12.3 Å². The lowest BCUT2D eigenvalue weighted by Gasteiger charge is -2.12. The summed E-state index contributed by atoms with van der Waals surface area (Å²) in [5.74, 6) is -0.705. The minimum atomic E-state index is -1.30. The summed E-state index contributed by atoms with van der Waals surface area (Å²) in [5, 5.41) is 3.40. The fraction of sp³-hybridized carbons (Fsp3) is 0.217. The van der Waals surface area contributed by atoms with E-state index in [0.29, 0.717) is 29.0 Å². The van der Waals surface area contributed by atoms with Gasteiger partial charge in [-0.25, -0.2) is 0 Å². The highest BCUT2D eigenvalue weighted by Gasteiger charge is 2.64. The van der Waals surface area contributed by atoms with Gasteiger partial charge in [-0.3, -0.25) is 19.4 Å². The number of pyridine rings is 1. The summed E-state index contributed by atoms with van der Waals surface area (Å²) in [6.07, 6.45) is 1.94. The molecule has 4 rings (SSSR count). The van der Waals surface area contributed by atoms with Gasteiger partial charge in [0, 0.05) is 30.1 Å². The number of primary amides is 2. The number of nitrogens with one attached hydrogen (secondary N) is 1. The Balaban J connectivity index is 1.60. The Hall–Kier alpha value is -3.94. The highest BCUT2D eigenvalue weighted by molar-refractivity contribution is 6.08. The van der Waals surface area contributed by atoms with Gasteiger partial charge in [-0.2, -0.15) is 0 Å². The van der Waals surface area contributed by atoms with Gasteiger partial charge in [-0.1, -0.05) is 12.1 Å². The number of aryl methyl sites for hydroxylation is 1. The van der Waals surface area contributed by atoms with Crippen molar-refractivity contribution in [1.82, 2.24) is 10.3 Å². The highest BCUT2D eigenvalue weighted by Crippen LogP contribution is 2.59. The number of fused-ring (bicyclic) bond motifs is 1. The van der Waals surface area contributed by atoms with Crippen LogP contribution in [0.4, 0.5) is 0 Å². The van der Waals surface area contributed by atoms with Crippen molar-refractivity contribution in [3.05, 3.63) is 65.4 Å². The molecular formula is C23H22N4O4. The second-order valence-corrected chi connectivity index (χ2v) is 7.70. The van der Waals surface area contributed by atoms with E-state index in [-0.39, 0.29) is 11.8 Å². The van der Waals surface area contributed by atoms with Crippen molar-refractivity contribution in [3.8, 4) is 11.5 Å². The maximum absolute atomic E-state index is 12.0. The first-order valence-electron chi connectivity index (χ1n) is 9.77. The van der Waals surface area contributed by atoms with Crippen LogP contribution in [-0.4, -0.2) is 29.8 Å². The van der Waals surface area contributed by atoms with E-state index in [1.807, 2.05) is 13.0 Å². The van der Waals surface area contributed by atoms with Gasteiger partial charge in [0.1, 0.15) is 16.9 Å². The zero-order valence-corrected chi connectivity index (χ0v) is 17.1. The number of nitrogens with zero attached hydrogens (tertiary/aromatic N) is 1. The van der Waals surface area contributed by atoms with Crippen LogP contribution in [0.3, 0.4) is 0 Å². The first-order chi connectivity index (χ1) is 14.8. The summed E-state index contributed by atoms with van der Waals surface area (Å²) >= 11 is 0. The lowest BCUT2D eigenvalue weighted by atomic mass is 9.97. The van der Waals surface area contributed by atoms with Gasteiger partial charge in [0.2, 0.25) is 11.8 Å². The van der Waals surface area contributed by atoms with Crippen LogP contribution in [0.25, 0.3) is 10.9 Å². The molecule has 1 atom stereocenters. The van der Waals surface area contributed by atoms with Crippen molar-refractivity contribution in [2.75, 3.05) is 7.05 Å². The van der Waals surface area contributed by atoms with E-state index in [0.717, 1.165) is 16.5 Å². The summed E-state index contributed by atoms with van der Waals surface area (Å²) in [6.45, 7) is 1.86. The Bertz CT molecular complexity index is 1210. The number of nitrogens with two attached hydrogens (primary N) is 2. The third-order valence-electron chi connectivity index (χ3n) is 5.87. The predicted octanol–water partition coefficient (Wildman–Crippen LogP) is 2.14. The van der Waals surface area contributed by atoms with Gasteiger partial charge < -0.3 is 21.5 Å². The lowest BCUT2D eigenvalue weighted by Crippen LogP contribution is -2.38. The summed E-state index contributed by atoms with van der Waals surface area (Å²) in [4.78, 5) is 39.8. The predicted molar refractivity (Wildman–Crippen MR) is 115 cm³/mol. The third kappa shape index (κ3) is 3.35. The van der Waals surface area contributed by atoms with E-state index in [1.54, 1.807) is 49.6 Å². The number of rotatable bonds is 6. The number of carbonyl (C=O) groups excluding carboxylic acids is 3. The Labute approximate surface area is 178 Å². The number of hydrogen-bond acceptors (Lipinski definition) is 5. The van der Waals surface area contributed by atoms with Crippen LogP contribution in [0.1, 0.15) is 33.8 Å². The first-order valence-corrected chi connectivity index (χ1v) is 9.77. The van der Waals surface area contributed by atoms with Gasteiger partial charge in [0.05, 0.1) is 5.52 Å².